The molecule has 3 N–H and O–H groups in total. The smallest absolute Gasteiger partial charge is 0.165 e. The van der Waals surface area contributed by atoms with Crippen molar-refractivity contribution >= 4 is 28.7 Å². The van der Waals surface area contributed by atoms with Gasteiger partial charge in [-0.15, -0.1) is 11.8 Å². The van der Waals surface area contributed by atoms with Crippen LogP contribution in [0.3, 0.4) is 0 Å². The van der Waals surface area contributed by atoms with Crippen molar-refractivity contribution in [3.8, 4) is 0 Å². The van der Waals surface area contributed by atoms with Gasteiger partial charge in [0.15, 0.2) is 11.5 Å². The lowest BCUT2D eigenvalue weighted by Gasteiger charge is -2.16. The second-order valence-corrected chi connectivity index (χ2v) is 6.73. The number of aromatic nitrogens is 4. The summed E-state index contributed by atoms with van der Waals surface area (Å²) in [6.07, 6.45) is 4.34. The van der Waals surface area contributed by atoms with Crippen LogP contribution in [0.1, 0.15) is 25.8 Å². The van der Waals surface area contributed by atoms with Gasteiger partial charge in [0.1, 0.15) is 11.8 Å². The number of anilines is 1. The van der Waals surface area contributed by atoms with Crippen LogP contribution < -0.4 is 5.73 Å². The zero-order valence-corrected chi connectivity index (χ0v) is 12.0. The number of allylic oxidation sites excluding steroid dienone is 1. The first-order valence-corrected chi connectivity index (χ1v) is 7.37. The Morgan fingerprint density at radius 3 is 3.00 bits per heavy atom. The number of aliphatic hydroxyl groups is 1. The molecule has 2 heterocycles. The highest BCUT2D eigenvalue weighted by Crippen LogP contribution is 2.40. The van der Waals surface area contributed by atoms with Crippen molar-refractivity contribution in [1.82, 2.24) is 19.5 Å². The van der Waals surface area contributed by atoms with Crippen molar-refractivity contribution in [2.75, 3.05) is 5.73 Å². The zero-order chi connectivity index (χ0) is 14.3. The van der Waals surface area contributed by atoms with Crippen LogP contribution in [-0.4, -0.2) is 36.0 Å². The maximum absolute atomic E-state index is 10.3. The van der Waals surface area contributed by atoms with Crippen LogP contribution in [0.4, 0.5) is 5.82 Å². The summed E-state index contributed by atoms with van der Waals surface area (Å²) >= 11 is 1.73. The standard InChI is InChI=1S/C13H17N5OS/c1-7(2)20-8-3-9(10(19)4-8)18-6-17-11-12(14)15-5-16-13(11)18/h5-6,8-10,19H,1,3-4H2,2H3,(H2,14,15,16). The molecule has 0 bridgehead atoms. The van der Waals surface area contributed by atoms with Gasteiger partial charge in [-0.1, -0.05) is 6.58 Å². The second-order valence-electron chi connectivity index (χ2n) is 5.13. The summed E-state index contributed by atoms with van der Waals surface area (Å²) in [4.78, 5) is 13.5. The number of thioether (sulfide) groups is 1. The number of nitrogens with zero attached hydrogens (tertiary/aromatic N) is 4. The van der Waals surface area contributed by atoms with E-state index in [9.17, 15) is 5.11 Å². The summed E-state index contributed by atoms with van der Waals surface area (Å²) in [5.74, 6) is 0.370. The van der Waals surface area contributed by atoms with Gasteiger partial charge in [-0.05, 0) is 24.7 Å². The Balaban J connectivity index is 1.92. The highest BCUT2D eigenvalue weighted by atomic mass is 32.2. The summed E-state index contributed by atoms with van der Waals surface area (Å²) in [6.45, 7) is 5.91. The molecule has 106 valence electrons. The van der Waals surface area contributed by atoms with Gasteiger partial charge in [-0.3, -0.25) is 0 Å². The van der Waals surface area contributed by atoms with E-state index in [0.717, 1.165) is 17.7 Å². The first-order valence-electron chi connectivity index (χ1n) is 6.49. The quantitative estimate of drug-likeness (QED) is 0.895. The van der Waals surface area contributed by atoms with Gasteiger partial charge in [-0.25, -0.2) is 15.0 Å². The highest BCUT2D eigenvalue weighted by molar-refractivity contribution is 8.03. The number of nitrogens with two attached hydrogens (primary N) is 1. The minimum atomic E-state index is -0.402. The fraction of sp³-hybridized carbons (Fsp3) is 0.462. The molecule has 3 atom stereocenters. The average molecular weight is 291 g/mol. The van der Waals surface area contributed by atoms with Crippen LogP contribution in [0.25, 0.3) is 11.2 Å². The lowest BCUT2D eigenvalue weighted by Crippen LogP contribution is -2.17. The Morgan fingerprint density at radius 2 is 2.25 bits per heavy atom. The molecule has 0 amide bonds. The van der Waals surface area contributed by atoms with E-state index in [1.807, 2.05) is 11.5 Å². The molecule has 2 aromatic rings. The predicted molar refractivity (Wildman–Crippen MR) is 80.2 cm³/mol. The SMILES string of the molecule is C=C(C)SC1CC(O)C(n2cnc3c(N)ncnc32)C1. The summed E-state index contributed by atoms with van der Waals surface area (Å²) in [6, 6.07) is -0.0221. The molecule has 3 unspecified atom stereocenters. The Hall–Kier alpha value is -1.60. The minimum Gasteiger partial charge on any atom is -0.391 e. The van der Waals surface area contributed by atoms with E-state index in [4.69, 9.17) is 5.73 Å². The molecule has 0 saturated heterocycles. The van der Waals surface area contributed by atoms with Gasteiger partial charge in [0.05, 0.1) is 18.5 Å². The van der Waals surface area contributed by atoms with E-state index in [1.165, 1.54) is 6.33 Å². The van der Waals surface area contributed by atoms with Crippen LogP contribution >= 0.6 is 11.8 Å². The summed E-state index contributed by atoms with van der Waals surface area (Å²) < 4.78 is 1.91. The lowest BCUT2D eigenvalue weighted by atomic mass is 10.2. The zero-order valence-electron chi connectivity index (χ0n) is 11.2. The first kappa shape index (κ1) is 13.4. The van der Waals surface area contributed by atoms with E-state index >= 15 is 0 Å². The van der Waals surface area contributed by atoms with Gasteiger partial charge in [0, 0.05) is 5.25 Å². The third kappa shape index (κ3) is 2.27. The molecule has 6 nitrogen and oxygen atoms in total. The van der Waals surface area contributed by atoms with E-state index in [0.29, 0.717) is 22.2 Å². The number of nitrogen functional groups attached to an aromatic ring is 1. The molecule has 1 aliphatic carbocycles. The van der Waals surface area contributed by atoms with Crippen LogP contribution in [-0.2, 0) is 0 Å². The largest absolute Gasteiger partial charge is 0.391 e. The second kappa shape index (κ2) is 5.06. The lowest BCUT2D eigenvalue weighted by molar-refractivity contribution is 0.138. The highest BCUT2D eigenvalue weighted by Gasteiger charge is 2.35. The fourth-order valence-electron chi connectivity index (χ4n) is 2.74. The molecule has 3 rings (SSSR count). The molecule has 2 aromatic heterocycles. The first-order chi connectivity index (χ1) is 9.56. The normalized spacial score (nSPS) is 26.2. The number of rotatable bonds is 3. The third-order valence-corrected chi connectivity index (χ3v) is 4.69. The number of hydrogen-bond acceptors (Lipinski definition) is 6. The van der Waals surface area contributed by atoms with Gasteiger partial charge in [-0.2, -0.15) is 0 Å². The average Bonchev–Trinajstić information content (AvgIpc) is 2.93. The van der Waals surface area contributed by atoms with Crippen molar-refractivity contribution < 1.29 is 5.11 Å². The fourth-order valence-corrected chi connectivity index (χ4v) is 3.90. The van der Waals surface area contributed by atoms with E-state index < -0.39 is 6.10 Å². The van der Waals surface area contributed by atoms with Crippen LogP contribution in [0, 0.1) is 0 Å². The molecule has 20 heavy (non-hydrogen) atoms. The molecule has 7 heteroatoms. The Bertz CT molecular complexity index is 655. The monoisotopic (exact) mass is 291 g/mol. The van der Waals surface area contributed by atoms with Crippen molar-refractivity contribution in [2.24, 2.45) is 0 Å². The van der Waals surface area contributed by atoms with E-state index in [1.54, 1.807) is 18.1 Å². The molecule has 0 aliphatic heterocycles. The molecular weight excluding hydrogens is 274 g/mol. The minimum absolute atomic E-state index is 0.0221. The topological polar surface area (TPSA) is 89.8 Å². The number of fused-ring (bicyclic) bond motifs is 1. The van der Waals surface area contributed by atoms with Gasteiger partial charge < -0.3 is 15.4 Å². The van der Waals surface area contributed by atoms with Gasteiger partial charge in [0.25, 0.3) is 0 Å². The Kier molecular flexibility index (Phi) is 3.39. The van der Waals surface area contributed by atoms with E-state index in [2.05, 4.69) is 21.5 Å². The summed E-state index contributed by atoms with van der Waals surface area (Å²) in [5.41, 5.74) is 7.07. The van der Waals surface area contributed by atoms with Crippen molar-refractivity contribution in [1.29, 1.82) is 0 Å². The maximum Gasteiger partial charge on any atom is 0.165 e. The third-order valence-electron chi connectivity index (χ3n) is 3.57. The van der Waals surface area contributed by atoms with Crippen molar-refractivity contribution in [3.05, 3.63) is 24.1 Å². The van der Waals surface area contributed by atoms with E-state index in [-0.39, 0.29) is 6.04 Å². The molecular formula is C13H17N5OS. The molecule has 0 spiro atoms. The molecule has 0 aromatic carbocycles. The summed E-state index contributed by atoms with van der Waals surface area (Å²) in [7, 11) is 0. The number of imidazole rings is 1. The molecule has 1 fully saturated rings. The molecule has 1 saturated carbocycles. The van der Waals surface area contributed by atoms with Crippen molar-refractivity contribution in [3.63, 3.8) is 0 Å². The Morgan fingerprint density at radius 1 is 1.45 bits per heavy atom. The van der Waals surface area contributed by atoms with Gasteiger partial charge in [0.2, 0.25) is 0 Å². The Labute approximate surface area is 121 Å². The van der Waals surface area contributed by atoms with Crippen LogP contribution in [0.15, 0.2) is 24.1 Å². The maximum atomic E-state index is 10.3. The van der Waals surface area contributed by atoms with Crippen LogP contribution in [0.5, 0.6) is 0 Å². The van der Waals surface area contributed by atoms with Crippen LogP contribution in [0.2, 0.25) is 0 Å². The number of hydrogen-bond donors (Lipinski definition) is 2. The van der Waals surface area contributed by atoms with Gasteiger partial charge >= 0.3 is 0 Å². The van der Waals surface area contributed by atoms with Crippen molar-refractivity contribution in [2.45, 2.75) is 37.2 Å². The number of aliphatic hydroxyl groups excluding tert-OH is 1. The predicted octanol–water partition coefficient (Wildman–Crippen LogP) is 1.74. The summed E-state index contributed by atoms with van der Waals surface area (Å²) in [5, 5.41) is 10.7. The molecule has 1 aliphatic rings. The molecule has 0 radical (unpaired) electrons.